The first-order chi connectivity index (χ1) is 15.8. The van der Waals surface area contributed by atoms with Crippen molar-refractivity contribution < 1.29 is 10.1 Å². The minimum absolute atomic E-state index is 0.0622. The molecule has 0 amide bonds. The van der Waals surface area contributed by atoms with Gasteiger partial charge in [-0.25, -0.2) is 4.89 Å². The fourth-order valence-corrected chi connectivity index (χ4v) is 11.2. The lowest BCUT2D eigenvalue weighted by atomic mass is 9.37. The van der Waals surface area contributed by atoms with E-state index < -0.39 is 0 Å². The molecule has 1 N–H and O–H groups in total. The zero-order chi connectivity index (χ0) is 25.1. The Labute approximate surface area is 211 Å². The van der Waals surface area contributed by atoms with Crippen LogP contribution in [0.5, 0.6) is 0 Å². The van der Waals surface area contributed by atoms with Crippen molar-refractivity contribution in [2.24, 2.45) is 57.2 Å². The van der Waals surface area contributed by atoms with Crippen LogP contribution in [0.3, 0.4) is 0 Å². The van der Waals surface area contributed by atoms with Gasteiger partial charge in [0.05, 0.1) is 6.10 Å². The quantitative estimate of drug-likeness (QED) is 0.237. The van der Waals surface area contributed by atoms with Crippen molar-refractivity contribution in [1.82, 2.24) is 0 Å². The molecule has 2 nitrogen and oxygen atoms in total. The Balaban J connectivity index is 1.57. The van der Waals surface area contributed by atoms with Crippen LogP contribution in [0.1, 0.15) is 127 Å². The predicted octanol–water partition coefficient (Wildman–Crippen LogP) is 9.55. The van der Waals surface area contributed by atoms with Gasteiger partial charge in [-0.05, 0) is 142 Å². The molecule has 4 aliphatic rings. The van der Waals surface area contributed by atoms with Crippen molar-refractivity contribution in [3.63, 3.8) is 0 Å². The molecule has 0 aromatic rings. The van der Waals surface area contributed by atoms with Crippen molar-refractivity contribution in [2.45, 2.75) is 133 Å². The topological polar surface area (TPSA) is 29.5 Å². The van der Waals surface area contributed by atoms with Gasteiger partial charge in [-0.3, -0.25) is 5.26 Å². The highest BCUT2D eigenvalue weighted by atomic mass is 17.1. The van der Waals surface area contributed by atoms with Gasteiger partial charge in [-0.15, -0.1) is 0 Å². The van der Waals surface area contributed by atoms with Crippen molar-refractivity contribution in [3.8, 4) is 0 Å². The van der Waals surface area contributed by atoms with E-state index >= 15 is 0 Å². The molecule has 0 heterocycles. The van der Waals surface area contributed by atoms with Crippen LogP contribution in [0.25, 0.3) is 0 Å². The summed E-state index contributed by atoms with van der Waals surface area (Å²) in [5.74, 6) is 4.68. The summed E-state index contributed by atoms with van der Waals surface area (Å²) in [5.41, 5.74) is 3.14. The molecule has 10 unspecified atom stereocenters. The van der Waals surface area contributed by atoms with E-state index in [0.29, 0.717) is 22.2 Å². The monoisotopic (exact) mass is 472 g/mol. The number of fused-ring (bicyclic) bond motifs is 5. The van der Waals surface area contributed by atoms with Crippen molar-refractivity contribution in [2.75, 3.05) is 0 Å². The second-order valence-corrected chi connectivity index (χ2v) is 15.0. The number of hydrogen-bond donors (Lipinski definition) is 1. The molecule has 0 saturated heterocycles. The van der Waals surface area contributed by atoms with E-state index in [4.69, 9.17) is 4.89 Å². The van der Waals surface area contributed by atoms with E-state index in [1.165, 1.54) is 69.8 Å². The van der Waals surface area contributed by atoms with Gasteiger partial charge in [0.1, 0.15) is 0 Å². The fourth-order valence-electron chi connectivity index (χ4n) is 11.2. The van der Waals surface area contributed by atoms with E-state index in [1.807, 2.05) is 0 Å². The summed E-state index contributed by atoms with van der Waals surface area (Å²) in [7, 11) is 0. The Hall–Kier alpha value is -0.340. The molecule has 2 heteroatoms. The third-order valence-electron chi connectivity index (χ3n) is 13.2. The normalized spacial score (nSPS) is 47.2. The summed E-state index contributed by atoms with van der Waals surface area (Å²) in [4.78, 5) is 4.90. The first kappa shape index (κ1) is 26.7. The molecule has 4 saturated carbocycles. The number of allylic oxidation sites excluding steroid dienone is 2. The Morgan fingerprint density at radius 1 is 0.853 bits per heavy atom. The van der Waals surface area contributed by atoms with Crippen LogP contribution in [0.15, 0.2) is 11.6 Å². The summed E-state index contributed by atoms with van der Waals surface area (Å²) in [5, 5.41) is 9.48. The van der Waals surface area contributed by atoms with Gasteiger partial charge >= 0.3 is 0 Å². The fraction of sp³-hybridized carbons (Fsp3) is 0.938. The van der Waals surface area contributed by atoms with Gasteiger partial charge in [-0.1, -0.05) is 53.2 Å². The number of rotatable bonds is 6. The summed E-state index contributed by atoms with van der Waals surface area (Å²) in [6.45, 7) is 22.2. The smallest absolute Gasteiger partial charge is 0.0932 e. The molecule has 34 heavy (non-hydrogen) atoms. The second-order valence-electron chi connectivity index (χ2n) is 15.0. The largest absolute Gasteiger partial charge is 0.252 e. The van der Waals surface area contributed by atoms with Crippen LogP contribution in [0.4, 0.5) is 0 Å². The lowest BCUT2D eigenvalue weighted by molar-refractivity contribution is -0.304. The van der Waals surface area contributed by atoms with Crippen molar-refractivity contribution >= 4 is 0 Å². The zero-order valence-electron chi connectivity index (χ0n) is 24.0. The molecule has 0 aromatic heterocycles. The minimum Gasteiger partial charge on any atom is -0.252 e. The Kier molecular flexibility index (Phi) is 7.23. The van der Waals surface area contributed by atoms with Gasteiger partial charge in [0.2, 0.25) is 0 Å². The molecule has 4 rings (SSSR count). The molecular formula is C32H56O2. The highest BCUT2D eigenvalue weighted by Crippen LogP contribution is 2.75. The van der Waals surface area contributed by atoms with Gasteiger partial charge in [-0.2, -0.15) is 0 Å². The molecule has 0 aliphatic heterocycles. The van der Waals surface area contributed by atoms with Crippen molar-refractivity contribution in [1.29, 1.82) is 0 Å². The van der Waals surface area contributed by atoms with Crippen LogP contribution >= 0.6 is 0 Å². The maximum atomic E-state index is 9.48. The third-order valence-corrected chi connectivity index (χ3v) is 13.2. The van der Waals surface area contributed by atoms with Gasteiger partial charge in [0, 0.05) is 0 Å². The highest BCUT2D eigenvalue weighted by Gasteiger charge is 2.67. The summed E-state index contributed by atoms with van der Waals surface area (Å²) >= 11 is 0. The summed E-state index contributed by atoms with van der Waals surface area (Å²) < 4.78 is 0. The van der Waals surface area contributed by atoms with Crippen molar-refractivity contribution in [3.05, 3.63) is 11.6 Å². The third kappa shape index (κ3) is 3.87. The summed E-state index contributed by atoms with van der Waals surface area (Å²) in [6.07, 6.45) is 16.1. The predicted molar refractivity (Wildman–Crippen MR) is 143 cm³/mol. The Morgan fingerprint density at radius 3 is 2.15 bits per heavy atom. The Morgan fingerprint density at radius 2 is 1.50 bits per heavy atom. The number of hydrogen-bond acceptors (Lipinski definition) is 2. The average molecular weight is 473 g/mol. The van der Waals surface area contributed by atoms with Crippen LogP contribution in [0, 0.1) is 57.2 Å². The Bertz CT molecular complexity index is 765. The van der Waals surface area contributed by atoms with Crippen LogP contribution in [-0.2, 0) is 4.89 Å². The molecular weight excluding hydrogens is 416 g/mol. The zero-order valence-corrected chi connectivity index (χ0v) is 24.0. The standard InChI is InChI=1S/C32H56O2/c1-21(2)11-10-12-22(3)24-16-19-32(9)27-13-14-28-29(5,6)25(23(4)34-33)15-18-30(28,7)26(27)17-20-31(24,32)8/h11,22-28,33H,10,12-20H2,1-9H3. The summed E-state index contributed by atoms with van der Waals surface area (Å²) in [6, 6.07) is 0. The van der Waals surface area contributed by atoms with Crippen LogP contribution < -0.4 is 0 Å². The van der Waals surface area contributed by atoms with Crippen LogP contribution in [0.2, 0.25) is 0 Å². The molecule has 10 atom stereocenters. The second kappa shape index (κ2) is 9.20. The molecule has 0 aromatic carbocycles. The average Bonchev–Trinajstić information content (AvgIpc) is 3.04. The molecule has 4 aliphatic carbocycles. The van der Waals surface area contributed by atoms with Gasteiger partial charge in [0.25, 0.3) is 0 Å². The lowest BCUT2D eigenvalue weighted by Crippen LogP contribution is -2.61. The van der Waals surface area contributed by atoms with E-state index in [2.05, 4.69) is 68.4 Å². The lowest BCUT2D eigenvalue weighted by Gasteiger charge is -2.68. The van der Waals surface area contributed by atoms with Crippen LogP contribution in [-0.4, -0.2) is 11.4 Å². The molecule has 0 radical (unpaired) electrons. The van der Waals surface area contributed by atoms with Gasteiger partial charge < -0.3 is 0 Å². The molecule has 4 fully saturated rings. The van der Waals surface area contributed by atoms with E-state index in [0.717, 1.165) is 29.6 Å². The van der Waals surface area contributed by atoms with E-state index in [9.17, 15) is 5.26 Å². The van der Waals surface area contributed by atoms with E-state index in [1.54, 1.807) is 0 Å². The highest BCUT2D eigenvalue weighted by molar-refractivity contribution is 5.16. The van der Waals surface area contributed by atoms with E-state index in [-0.39, 0.29) is 11.5 Å². The molecule has 0 bridgehead atoms. The first-order valence-electron chi connectivity index (χ1n) is 14.8. The van der Waals surface area contributed by atoms with Gasteiger partial charge in [0.15, 0.2) is 0 Å². The first-order valence-corrected chi connectivity index (χ1v) is 14.8. The maximum absolute atomic E-state index is 9.48. The minimum atomic E-state index is -0.0622. The molecule has 0 spiro atoms. The maximum Gasteiger partial charge on any atom is 0.0932 e. The SMILES string of the molecule is CC(C)=CCCC(C)C1CCC2(C)C3CCC4C(C)(C)C(C(C)OO)CCC4(C)C3CCC12C. The molecule has 196 valence electrons.